The van der Waals surface area contributed by atoms with Gasteiger partial charge in [-0.2, -0.15) is 0 Å². The molecular formula is C19H28N2O2. The third kappa shape index (κ3) is 3.93. The monoisotopic (exact) mass is 316 g/mol. The number of aryl methyl sites for hydroxylation is 1. The van der Waals surface area contributed by atoms with Gasteiger partial charge in [-0.25, -0.2) is 0 Å². The summed E-state index contributed by atoms with van der Waals surface area (Å²) < 4.78 is 5.58. The fourth-order valence-corrected chi connectivity index (χ4v) is 3.90. The minimum atomic E-state index is 0.214. The van der Waals surface area contributed by atoms with E-state index in [4.69, 9.17) is 4.74 Å². The van der Waals surface area contributed by atoms with E-state index in [1.807, 2.05) is 4.90 Å². The van der Waals surface area contributed by atoms with Crippen LogP contribution < -0.4 is 5.32 Å². The van der Waals surface area contributed by atoms with Crippen molar-refractivity contribution < 1.29 is 9.53 Å². The van der Waals surface area contributed by atoms with Gasteiger partial charge in [-0.3, -0.25) is 4.79 Å². The number of carbonyl (C=O) groups is 1. The summed E-state index contributed by atoms with van der Waals surface area (Å²) in [6.07, 6.45) is 3.60. The number of benzene rings is 1. The Morgan fingerprint density at radius 1 is 1.39 bits per heavy atom. The first-order valence-corrected chi connectivity index (χ1v) is 8.82. The number of rotatable bonds is 5. The highest BCUT2D eigenvalue weighted by Gasteiger charge is 2.33. The van der Waals surface area contributed by atoms with Crippen molar-refractivity contribution in [2.45, 2.75) is 51.2 Å². The van der Waals surface area contributed by atoms with Crippen LogP contribution in [0.5, 0.6) is 0 Å². The molecule has 0 radical (unpaired) electrons. The summed E-state index contributed by atoms with van der Waals surface area (Å²) >= 11 is 0. The number of hydrogen-bond donors (Lipinski definition) is 1. The maximum Gasteiger partial charge on any atom is 0.236 e. The van der Waals surface area contributed by atoms with E-state index in [0.29, 0.717) is 24.6 Å². The van der Waals surface area contributed by atoms with Gasteiger partial charge in [0.15, 0.2) is 0 Å². The molecule has 0 spiro atoms. The van der Waals surface area contributed by atoms with Gasteiger partial charge in [0.05, 0.1) is 12.6 Å². The Kier molecular flexibility index (Phi) is 5.34. The molecule has 3 atom stereocenters. The Labute approximate surface area is 139 Å². The Balaban J connectivity index is 1.51. The number of ether oxygens (including phenoxy) is 1. The second-order valence-corrected chi connectivity index (χ2v) is 6.95. The molecule has 126 valence electrons. The Bertz CT molecular complexity index is 540. The molecule has 1 amide bonds. The molecule has 2 aliphatic rings. The zero-order chi connectivity index (χ0) is 16.2. The average molecular weight is 316 g/mol. The lowest BCUT2D eigenvalue weighted by molar-refractivity contribution is -0.130. The number of likely N-dealkylation sites (tertiary alicyclic amines) is 1. The van der Waals surface area contributed by atoms with E-state index in [0.717, 1.165) is 39.0 Å². The molecule has 0 aromatic heterocycles. The molecule has 0 aliphatic carbocycles. The number of carbonyl (C=O) groups excluding carboxylic acids is 1. The van der Waals surface area contributed by atoms with Gasteiger partial charge in [0.25, 0.3) is 0 Å². The SMILES string of the molecule is Cc1ccccc1[C@@H]1C[C@H](C)N(C(=O)CNC[C@H]2CCCO2)C1. The third-order valence-corrected chi connectivity index (χ3v) is 5.20. The molecule has 2 heterocycles. The van der Waals surface area contributed by atoms with E-state index in [1.165, 1.54) is 11.1 Å². The van der Waals surface area contributed by atoms with Crippen molar-refractivity contribution in [1.82, 2.24) is 10.2 Å². The highest BCUT2D eigenvalue weighted by molar-refractivity contribution is 5.79. The molecule has 0 bridgehead atoms. The predicted molar refractivity (Wildman–Crippen MR) is 91.6 cm³/mol. The smallest absolute Gasteiger partial charge is 0.236 e. The van der Waals surface area contributed by atoms with Crippen LogP contribution in [0.4, 0.5) is 0 Å². The van der Waals surface area contributed by atoms with Gasteiger partial charge >= 0.3 is 0 Å². The van der Waals surface area contributed by atoms with Crippen molar-refractivity contribution in [2.24, 2.45) is 0 Å². The maximum atomic E-state index is 12.5. The highest BCUT2D eigenvalue weighted by Crippen LogP contribution is 2.33. The minimum Gasteiger partial charge on any atom is -0.377 e. The second kappa shape index (κ2) is 7.45. The first-order chi connectivity index (χ1) is 11.1. The summed E-state index contributed by atoms with van der Waals surface area (Å²) in [6, 6.07) is 8.86. The van der Waals surface area contributed by atoms with Gasteiger partial charge in [-0.1, -0.05) is 24.3 Å². The molecule has 23 heavy (non-hydrogen) atoms. The zero-order valence-corrected chi connectivity index (χ0v) is 14.3. The van der Waals surface area contributed by atoms with Gasteiger partial charge in [-0.05, 0) is 44.2 Å². The van der Waals surface area contributed by atoms with Crippen molar-refractivity contribution in [1.29, 1.82) is 0 Å². The van der Waals surface area contributed by atoms with Crippen molar-refractivity contribution in [3.63, 3.8) is 0 Å². The van der Waals surface area contributed by atoms with Crippen molar-refractivity contribution >= 4 is 5.91 Å². The van der Waals surface area contributed by atoms with Gasteiger partial charge in [0.2, 0.25) is 5.91 Å². The molecule has 1 aromatic rings. The normalized spacial score (nSPS) is 27.6. The van der Waals surface area contributed by atoms with Crippen LogP contribution in [-0.2, 0) is 9.53 Å². The number of amides is 1. The molecule has 2 saturated heterocycles. The van der Waals surface area contributed by atoms with E-state index >= 15 is 0 Å². The van der Waals surface area contributed by atoms with Crippen molar-refractivity contribution in [3.05, 3.63) is 35.4 Å². The van der Waals surface area contributed by atoms with Crippen LogP contribution in [0.1, 0.15) is 43.2 Å². The summed E-state index contributed by atoms with van der Waals surface area (Å²) in [4.78, 5) is 14.6. The first-order valence-electron chi connectivity index (χ1n) is 8.82. The molecule has 0 saturated carbocycles. The fourth-order valence-electron chi connectivity index (χ4n) is 3.90. The highest BCUT2D eigenvalue weighted by atomic mass is 16.5. The third-order valence-electron chi connectivity index (χ3n) is 5.20. The number of hydrogen-bond acceptors (Lipinski definition) is 3. The summed E-state index contributed by atoms with van der Waals surface area (Å²) in [6.45, 7) is 7.23. The van der Waals surface area contributed by atoms with Crippen LogP contribution in [0.2, 0.25) is 0 Å². The quantitative estimate of drug-likeness (QED) is 0.907. The van der Waals surface area contributed by atoms with Crippen LogP contribution in [0.3, 0.4) is 0 Å². The largest absolute Gasteiger partial charge is 0.377 e. The van der Waals surface area contributed by atoms with E-state index in [2.05, 4.69) is 43.4 Å². The summed E-state index contributed by atoms with van der Waals surface area (Å²) in [5.74, 6) is 0.680. The van der Waals surface area contributed by atoms with Crippen LogP contribution in [0, 0.1) is 6.92 Å². The van der Waals surface area contributed by atoms with Crippen molar-refractivity contribution in [2.75, 3.05) is 26.2 Å². The van der Waals surface area contributed by atoms with E-state index < -0.39 is 0 Å². The molecule has 4 nitrogen and oxygen atoms in total. The van der Waals surface area contributed by atoms with Gasteiger partial charge in [-0.15, -0.1) is 0 Å². The molecule has 4 heteroatoms. The van der Waals surface area contributed by atoms with Crippen molar-refractivity contribution in [3.8, 4) is 0 Å². The molecule has 1 N–H and O–H groups in total. The average Bonchev–Trinajstić information content (AvgIpc) is 3.17. The van der Waals surface area contributed by atoms with Crippen LogP contribution in [0.15, 0.2) is 24.3 Å². The number of nitrogens with one attached hydrogen (secondary N) is 1. The zero-order valence-electron chi connectivity index (χ0n) is 14.3. The first kappa shape index (κ1) is 16.5. The summed E-state index contributed by atoms with van der Waals surface area (Å²) in [5, 5.41) is 3.27. The van der Waals surface area contributed by atoms with Gasteiger partial charge in [0, 0.05) is 31.7 Å². The Morgan fingerprint density at radius 3 is 2.96 bits per heavy atom. The molecular weight excluding hydrogens is 288 g/mol. The molecule has 2 fully saturated rings. The van der Waals surface area contributed by atoms with Gasteiger partial charge < -0.3 is 15.0 Å². The topological polar surface area (TPSA) is 41.6 Å². The Morgan fingerprint density at radius 2 is 2.22 bits per heavy atom. The second-order valence-electron chi connectivity index (χ2n) is 6.95. The maximum absolute atomic E-state index is 12.5. The molecule has 2 aliphatic heterocycles. The predicted octanol–water partition coefficient (Wildman–Crippen LogP) is 2.47. The van der Waals surface area contributed by atoms with E-state index in [-0.39, 0.29) is 5.91 Å². The molecule has 3 rings (SSSR count). The Hall–Kier alpha value is -1.39. The van der Waals surface area contributed by atoms with Crippen LogP contribution in [-0.4, -0.2) is 49.2 Å². The van der Waals surface area contributed by atoms with Crippen LogP contribution in [0.25, 0.3) is 0 Å². The van der Waals surface area contributed by atoms with E-state index in [1.54, 1.807) is 0 Å². The molecule has 1 aromatic carbocycles. The lowest BCUT2D eigenvalue weighted by atomic mass is 9.93. The summed E-state index contributed by atoms with van der Waals surface area (Å²) in [5.41, 5.74) is 2.72. The van der Waals surface area contributed by atoms with Crippen LogP contribution >= 0.6 is 0 Å². The number of nitrogens with zero attached hydrogens (tertiary/aromatic N) is 1. The lowest BCUT2D eigenvalue weighted by Gasteiger charge is -2.22. The fraction of sp³-hybridized carbons (Fsp3) is 0.632. The molecule has 0 unspecified atom stereocenters. The summed E-state index contributed by atoms with van der Waals surface area (Å²) in [7, 11) is 0. The lowest BCUT2D eigenvalue weighted by Crippen LogP contribution is -2.41. The standard InChI is InChI=1S/C19H28N2O2/c1-14-6-3-4-8-18(14)16-10-15(2)21(13-16)19(22)12-20-11-17-7-5-9-23-17/h3-4,6,8,15-17,20H,5,7,9-13H2,1-2H3/t15-,16+,17+/m0/s1. The minimum absolute atomic E-state index is 0.214. The van der Waals surface area contributed by atoms with Gasteiger partial charge in [0.1, 0.15) is 0 Å². The van der Waals surface area contributed by atoms with E-state index in [9.17, 15) is 4.79 Å².